The molecule has 0 aliphatic carbocycles. The molecule has 0 saturated heterocycles. The Morgan fingerprint density at radius 1 is 1.38 bits per heavy atom. The van der Waals surface area contributed by atoms with Crippen LogP contribution in [0.3, 0.4) is 0 Å². The second-order valence-electron chi connectivity index (χ2n) is 3.64. The van der Waals surface area contributed by atoms with Crippen LogP contribution in [0, 0.1) is 12.7 Å². The zero-order valence-electron chi connectivity index (χ0n) is 8.87. The van der Waals surface area contributed by atoms with Gasteiger partial charge in [0.05, 0.1) is 12.7 Å². The van der Waals surface area contributed by atoms with E-state index in [0.29, 0.717) is 16.9 Å². The van der Waals surface area contributed by atoms with Gasteiger partial charge in [0.15, 0.2) is 5.78 Å². The van der Waals surface area contributed by atoms with E-state index in [4.69, 9.17) is 4.42 Å². The summed E-state index contributed by atoms with van der Waals surface area (Å²) in [6.07, 6.45) is 1.73. The first-order valence-corrected chi connectivity index (χ1v) is 4.98. The third kappa shape index (κ3) is 2.19. The molecule has 2 rings (SSSR count). The largest absolute Gasteiger partial charge is 0.469 e. The molecule has 0 N–H and O–H groups in total. The molecule has 0 atom stereocenters. The van der Waals surface area contributed by atoms with E-state index < -0.39 is 0 Å². The molecule has 0 amide bonds. The van der Waals surface area contributed by atoms with Crippen molar-refractivity contribution in [1.82, 2.24) is 0 Å². The van der Waals surface area contributed by atoms with Crippen LogP contribution in [0.5, 0.6) is 0 Å². The van der Waals surface area contributed by atoms with Crippen molar-refractivity contribution in [3.63, 3.8) is 0 Å². The van der Waals surface area contributed by atoms with Gasteiger partial charge < -0.3 is 4.42 Å². The molecule has 1 aromatic heterocycles. The molecule has 0 radical (unpaired) electrons. The minimum Gasteiger partial charge on any atom is -0.469 e. The molecule has 3 heteroatoms. The van der Waals surface area contributed by atoms with Crippen molar-refractivity contribution >= 4 is 5.78 Å². The van der Waals surface area contributed by atoms with E-state index in [1.165, 1.54) is 18.4 Å². The van der Waals surface area contributed by atoms with Crippen molar-refractivity contribution in [3.8, 4) is 0 Å². The second-order valence-corrected chi connectivity index (χ2v) is 3.64. The summed E-state index contributed by atoms with van der Waals surface area (Å²) in [5.41, 5.74) is 0.987. The molecule has 0 saturated carbocycles. The molecule has 2 aromatic rings. The number of hydrogen-bond acceptors (Lipinski definition) is 2. The van der Waals surface area contributed by atoms with Crippen molar-refractivity contribution in [1.29, 1.82) is 0 Å². The molecule has 1 aromatic carbocycles. The Morgan fingerprint density at radius 3 is 2.81 bits per heavy atom. The number of ketones is 1. The van der Waals surface area contributed by atoms with Gasteiger partial charge in [-0.1, -0.05) is 0 Å². The summed E-state index contributed by atoms with van der Waals surface area (Å²) in [6.45, 7) is 1.64. The molecule has 2 nitrogen and oxygen atoms in total. The van der Waals surface area contributed by atoms with Gasteiger partial charge in [-0.2, -0.15) is 0 Å². The average Bonchev–Trinajstić information content (AvgIpc) is 2.74. The number of hydrogen-bond donors (Lipinski definition) is 0. The van der Waals surface area contributed by atoms with Crippen molar-refractivity contribution in [3.05, 3.63) is 59.3 Å². The summed E-state index contributed by atoms with van der Waals surface area (Å²) in [4.78, 5) is 11.8. The van der Waals surface area contributed by atoms with Gasteiger partial charge in [0.1, 0.15) is 11.6 Å². The summed E-state index contributed by atoms with van der Waals surface area (Å²) in [6, 6.07) is 7.84. The van der Waals surface area contributed by atoms with Crippen molar-refractivity contribution in [2.45, 2.75) is 13.3 Å². The first-order chi connectivity index (χ1) is 7.66. The van der Waals surface area contributed by atoms with E-state index in [-0.39, 0.29) is 18.0 Å². The molecular formula is C13H11FO2. The number of carbonyl (C=O) groups is 1. The second kappa shape index (κ2) is 4.31. The summed E-state index contributed by atoms with van der Waals surface area (Å²) in [5, 5.41) is 0. The minimum atomic E-state index is -0.297. The molecular weight excluding hydrogens is 207 g/mol. The predicted octanol–water partition coefficient (Wildman–Crippen LogP) is 3.15. The standard InChI is InChI=1S/C13H11FO2/c1-9-7-10(4-5-12(9)14)13(15)8-11-3-2-6-16-11/h2-7H,8H2,1H3. The fourth-order valence-electron chi connectivity index (χ4n) is 1.49. The van der Waals surface area contributed by atoms with Crippen LogP contribution in [0.1, 0.15) is 21.7 Å². The third-order valence-corrected chi connectivity index (χ3v) is 2.39. The number of carbonyl (C=O) groups excluding carboxylic acids is 1. The van der Waals surface area contributed by atoms with E-state index >= 15 is 0 Å². The van der Waals surface area contributed by atoms with Gasteiger partial charge in [-0.25, -0.2) is 4.39 Å². The van der Waals surface area contributed by atoms with Crippen LogP contribution in [0.2, 0.25) is 0 Å². The molecule has 82 valence electrons. The number of benzene rings is 1. The van der Waals surface area contributed by atoms with Gasteiger partial charge in [0, 0.05) is 5.56 Å². The number of Topliss-reactive ketones (excluding diaryl/α,β-unsaturated/α-hetero) is 1. The molecule has 0 unspecified atom stereocenters. The fourth-order valence-corrected chi connectivity index (χ4v) is 1.49. The number of aryl methyl sites for hydroxylation is 1. The molecule has 16 heavy (non-hydrogen) atoms. The van der Waals surface area contributed by atoms with Crippen molar-refractivity contribution < 1.29 is 13.6 Å². The van der Waals surface area contributed by atoms with Gasteiger partial charge in [-0.15, -0.1) is 0 Å². The van der Waals surface area contributed by atoms with E-state index in [2.05, 4.69) is 0 Å². The van der Waals surface area contributed by atoms with Crippen LogP contribution >= 0.6 is 0 Å². The first kappa shape index (κ1) is 10.6. The topological polar surface area (TPSA) is 30.2 Å². The quantitative estimate of drug-likeness (QED) is 0.741. The number of halogens is 1. The maximum atomic E-state index is 13.0. The summed E-state index contributed by atoms with van der Waals surface area (Å²) >= 11 is 0. The lowest BCUT2D eigenvalue weighted by Crippen LogP contribution is -2.03. The molecule has 0 aliphatic heterocycles. The highest BCUT2D eigenvalue weighted by molar-refractivity contribution is 5.97. The Kier molecular flexibility index (Phi) is 2.86. The van der Waals surface area contributed by atoms with Gasteiger partial charge in [0.2, 0.25) is 0 Å². The highest BCUT2D eigenvalue weighted by Crippen LogP contribution is 2.12. The maximum absolute atomic E-state index is 13.0. The molecule has 0 aliphatic rings. The Morgan fingerprint density at radius 2 is 2.19 bits per heavy atom. The van der Waals surface area contributed by atoms with Gasteiger partial charge in [-0.3, -0.25) is 4.79 Å². The fraction of sp³-hybridized carbons (Fsp3) is 0.154. The average molecular weight is 218 g/mol. The van der Waals surface area contributed by atoms with E-state index in [1.54, 1.807) is 25.1 Å². The molecule has 0 fully saturated rings. The van der Waals surface area contributed by atoms with E-state index in [1.807, 2.05) is 0 Å². The first-order valence-electron chi connectivity index (χ1n) is 4.98. The van der Waals surface area contributed by atoms with Gasteiger partial charge >= 0.3 is 0 Å². The van der Waals surface area contributed by atoms with Crippen LogP contribution in [0.25, 0.3) is 0 Å². The summed E-state index contributed by atoms with van der Waals surface area (Å²) in [7, 11) is 0. The predicted molar refractivity (Wildman–Crippen MR) is 57.9 cm³/mol. The lowest BCUT2D eigenvalue weighted by Gasteiger charge is -2.01. The van der Waals surface area contributed by atoms with Gasteiger partial charge in [-0.05, 0) is 42.8 Å². The Bertz CT molecular complexity index is 501. The highest BCUT2D eigenvalue weighted by Gasteiger charge is 2.10. The Balaban J connectivity index is 2.18. The monoisotopic (exact) mass is 218 g/mol. The van der Waals surface area contributed by atoms with Crippen LogP contribution in [-0.4, -0.2) is 5.78 Å². The molecule has 1 heterocycles. The number of furan rings is 1. The minimum absolute atomic E-state index is 0.0712. The maximum Gasteiger partial charge on any atom is 0.170 e. The molecule has 0 spiro atoms. The van der Waals surface area contributed by atoms with E-state index in [0.717, 1.165) is 0 Å². The third-order valence-electron chi connectivity index (χ3n) is 2.39. The van der Waals surface area contributed by atoms with E-state index in [9.17, 15) is 9.18 Å². The zero-order chi connectivity index (χ0) is 11.5. The van der Waals surface area contributed by atoms with Crippen LogP contribution in [-0.2, 0) is 6.42 Å². The zero-order valence-corrected chi connectivity index (χ0v) is 8.87. The van der Waals surface area contributed by atoms with Crippen molar-refractivity contribution in [2.75, 3.05) is 0 Å². The number of rotatable bonds is 3. The lowest BCUT2D eigenvalue weighted by molar-refractivity contribution is 0.0987. The Hall–Kier alpha value is -1.90. The van der Waals surface area contributed by atoms with Crippen LogP contribution in [0.15, 0.2) is 41.0 Å². The Labute approximate surface area is 92.7 Å². The van der Waals surface area contributed by atoms with Gasteiger partial charge in [0.25, 0.3) is 0 Å². The normalized spacial score (nSPS) is 10.4. The van der Waals surface area contributed by atoms with Crippen molar-refractivity contribution in [2.24, 2.45) is 0 Å². The summed E-state index contributed by atoms with van der Waals surface area (Å²) in [5.74, 6) is 0.250. The highest BCUT2D eigenvalue weighted by atomic mass is 19.1. The van der Waals surface area contributed by atoms with Crippen LogP contribution < -0.4 is 0 Å². The SMILES string of the molecule is Cc1cc(C(=O)Cc2ccco2)ccc1F. The smallest absolute Gasteiger partial charge is 0.170 e. The summed E-state index contributed by atoms with van der Waals surface area (Å²) < 4.78 is 18.1. The lowest BCUT2D eigenvalue weighted by atomic mass is 10.0. The molecule has 0 bridgehead atoms. The van der Waals surface area contributed by atoms with Crippen LogP contribution in [0.4, 0.5) is 4.39 Å².